The molecule has 1 unspecified atom stereocenters. The molecule has 1 saturated heterocycles. The number of hydrogen-bond donors (Lipinski definition) is 2. The average molecular weight is 332 g/mol. The van der Waals surface area contributed by atoms with Gasteiger partial charge in [0.15, 0.2) is 0 Å². The molecule has 0 aliphatic carbocycles. The molecular weight excluding hydrogens is 313 g/mol. The van der Waals surface area contributed by atoms with Gasteiger partial charge in [-0.1, -0.05) is 6.07 Å². The number of amides is 1. The number of alkyl halides is 3. The highest BCUT2D eigenvalue weighted by Gasteiger charge is 2.34. The molecule has 128 valence electrons. The highest BCUT2D eigenvalue weighted by atomic mass is 19.4. The molecule has 5 nitrogen and oxygen atoms in total. The summed E-state index contributed by atoms with van der Waals surface area (Å²) in [6.45, 7) is 1.63. The molecule has 1 aliphatic heterocycles. The number of nitrogens with one attached hydrogen (secondary N) is 2. The topological polar surface area (TPSA) is 59.6 Å². The fraction of sp³-hybridized carbons (Fsp3) is 0.533. The van der Waals surface area contributed by atoms with E-state index in [-0.39, 0.29) is 11.1 Å². The second-order valence-electron chi connectivity index (χ2n) is 5.50. The Labute approximate surface area is 132 Å². The molecule has 1 aromatic rings. The van der Waals surface area contributed by atoms with Crippen molar-refractivity contribution in [3.63, 3.8) is 0 Å². The van der Waals surface area contributed by atoms with Gasteiger partial charge in [0.1, 0.15) is 5.75 Å². The van der Waals surface area contributed by atoms with Gasteiger partial charge < -0.3 is 20.1 Å². The summed E-state index contributed by atoms with van der Waals surface area (Å²) in [5.74, 6) is -0.877. The summed E-state index contributed by atoms with van der Waals surface area (Å²) in [7, 11) is 1.58. The average Bonchev–Trinajstić information content (AvgIpc) is 2.93. The lowest BCUT2D eigenvalue weighted by Crippen LogP contribution is -2.53. The van der Waals surface area contributed by atoms with Gasteiger partial charge in [0, 0.05) is 19.2 Å². The highest BCUT2D eigenvalue weighted by Crippen LogP contribution is 2.23. The van der Waals surface area contributed by atoms with Crippen LogP contribution in [-0.2, 0) is 4.74 Å². The van der Waals surface area contributed by atoms with Crippen LogP contribution in [0.5, 0.6) is 5.75 Å². The Morgan fingerprint density at radius 1 is 1.43 bits per heavy atom. The lowest BCUT2D eigenvalue weighted by Gasteiger charge is -2.29. The highest BCUT2D eigenvalue weighted by molar-refractivity contribution is 5.94. The molecule has 1 aromatic carbocycles. The second-order valence-corrected chi connectivity index (χ2v) is 5.50. The normalized spacial score (nSPS) is 21.2. The summed E-state index contributed by atoms with van der Waals surface area (Å²) < 4.78 is 45.6. The summed E-state index contributed by atoms with van der Waals surface area (Å²) >= 11 is 0. The molecule has 0 aromatic heterocycles. The first-order valence-electron chi connectivity index (χ1n) is 7.22. The van der Waals surface area contributed by atoms with Crippen molar-refractivity contribution >= 4 is 5.91 Å². The van der Waals surface area contributed by atoms with Gasteiger partial charge in [-0.05, 0) is 37.6 Å². The first-order valence-corrected chi connectivity index (χ1v) is 7.22. The van der Waals surface area contributed by atoms with Crippen molar-refractivity contribution in [2.24, 2.45) is 0 Å². The van der Waals surface area contributed by atoms with Crippen LogP contribution in [0, 0.1) is 0 Å². The minimum atomic E-state index is -4.79. The zero-order valence-corrected chi connectivity index (χ0v) is 12.7. The zero-order valence-electron chi connectivity index (χ0n) is 12.7. The number of carbonyl (C=O) groups is 1. The van der Waals surface area contributed by atoms with Gasteiger partial charge in [-0.3, -0.25) is 4.79 Å². The summed E-state index contributed by atoms with van der Waals surface area (Å²) in [6.07, 6.45) is -2.95. The van der Waals surface area contributed by atoms with Crippen LogP contribution in [0.25, 0.3) is 0 Å². The monoisotopic (exact) mass is 332 g/mol. The molecule has 2 rings (SSSR count). The molecule has 0 radical (unpaired) electrons. The maximum Gasteiger partial charge on any atom is 0.573 e. The van der Waals surface area contributed by atoms with E-state index < -0.39 is 18.0 Å². The molecule has 0 saturated carbocycles. The van der Waals surface area contributed by atoms with Crippen LogP contribution in [-0.4, -0.2) is 44.6 Å². The first kappa shape index (κ1) is 17.6. The quantitative estimate of drug-likeness (QED) is 0.837. The summed E-state index contributed by atoms with van der Waals surface area (Å²) in [5.41, 5.74) is -0.220. The van der Waals surface area contributed by atoms with Crippen molar-refractivity contribution in [3.8, 4) is 5.75 Å². The lowest BCUT2D eigenvalue weighted by molar-refractivity contribution is -0.274. The van der Waals surface area contributed by atoms with Crippen LogP contribution in [0.2, 0.25) is 0 Å². The van der Waals surface area contributed by atoms with E-state index in [0.29, 0.717) is 13.2 Å². The Balaban J connectivity index is 1.99. The molecule has 0 spiro atoms. The Morgan fingerprint density at radius 3 is 2.83 bits per heavy atom. The van der Waals surface area contributed by atoms with Gasteiger partial charge >= 0.3 is 6.36 Å². The van der Waals surface area contributed by atoms with Gasteiger partial charge in [0.25, 0.3) is 5.91 Å². The van der Waals surface area contributed by atoms with E-state index in [2.05, 4.69) is 15.4 Å². The van der Waals surface area contributed by atoms with Crippen molar-refractivity contribution in [2.75, 3.05) is 26.8 Å². The van der Waals surface area contributed by atoms with Crippen LogP contribution in [0.1, 0.15) is 23.2 Å². The minimum Gasteiger partial charge on any atom is -0.406 e. The first-order chi connectivity index (χ1) is 10.8. The smallest absolute Gasteiger partial charge is 0.406 e. The van der Waals surface area contributed by atoms with Crippen LogP contribution >= 0.6 is 0 Å². The van der Waals surface area contributed by atoms with Crippen LogP contribution in [0.15, 0.2) is 24.3 Å². The maximum absolute atomic E-state index is 12.2. The largest absolute Gasteiger partial charge is 0.573 e. The number of hydrogen-bond acceptors (Lipinski definition) is 4. The summed E-state index contributed by atoms with van der Waals surface area (Å²) in [5, 5.41) is 6.05. The zero-order chi connectivity index (χ0) is 16.9. The summed E-state index contributed by atoms with van der Waals surface area (Å²) in [6, 6.07) is 4.99. The van der Waals surface area contributed by atoms with Gasteiger partial charge in [-0.25, -0.2) is 0 Å². The van der Waals surface area contributed by atoms with E-state index in [4.69, 9.17) is 4.74 Å². The van der Waals surface area contributed by atoms with Gasteiger partial charge in [-0.15, -0.1) is 13.2 Å². The van der Waals surface area contributed by atoms with E-state index in [1.807, 2.05) is 0 Å². The predicted molar refractivity (Wildman–Crippen MR) is 77.3 cm³/mol. The lowest BCUT2D eigenvalue weighted by atomic mass is 9.98. The van der Waals surface area contributed by atoms with Crippen LogP contribution in [0.3, 0.4) is 0 Å². The number of rotatable bonds is 6. The minimum absolute atomic E-state index is 0.109. The molecule has 1 fully saturated rings. The Hall–Kier alpha value is -1.80. The fourth-order valence-corrected chi connectivity index (χ4v) is 2.66. The Morgan fingerprint density at radius 2 is 2.22 bits per heavy atom. The van der Waals surface area contributed by atoms with Crippen molar-refractivity contribution in [1.29, 1.82) is 0 Å². The molecular formula is C15H19F3N2O3. The summed E-state index contributed by atoms with van der Waals surface area (Å²) in [4.78, 5) is 12.1. The third-order valence-electron chi connectivity index (χ3n) is 3.67. The van der Waals surface area contributed by atoms with Gasteiger partial charge in [-0.2, -0.15) is 0 Å². The number of halogens is 3. The third-order valence-corrected chi connectivity index (χ3v) is 3.67. The third kappa shape index (κ3) is 5.11. The van der Waals surface area contributed by atoms with Gasteiger partial charge in [0.2, 0.25) is 0 Å². The number of benzene rings is 1. The van der Waals surface area contributed by atoms with Crippen molar-refractivity contribution < 1.29 is 27.4 Å². The molecule has 1 atom stereocenters. The van der Waals surface area contributed by atoms with Crippen molar-refractivity contribution in [1.82, 2.24) is 10.6 Å². The predicted octanol–water partition coefficient (Wildman–Crippen LogP) is 2.08. The van der Waals surface area contributed by atoms with E-state index in [9.17, 15) is 18.0 Å². The maximum atomic E-state index is 12.2. The van der Waals surface area contributed by atoms with E-state index in [1.165, 1.54) is 12.1 Å². The molecule has 0 bridgehead atoms. The number of carbonyl (C=O) groups excluding carboxylic acids is 1. The number of methoxy groups -OCH3 is 1. The van der Waals surface area contributed by atoms with E-state index in [0.717, 1.165) is 31.5 Å². The Bertz CT molecular complexity index is 543. The van der Waals surface area contributed by atoms with E-state index >= 15 is 0 Å². The molecule has 8 heteroatoms. The standard InChI is InChI=1S/C15H19F3N2O3/c1-22-10-14(6-3-7-20-14)9-19-13(21)11-4-2-5-12(8-11)23-15(16,17)18/h2,4-5,8,20H,3,6-7,9-10H2,1H3,(H,19,21). The molecule has 1 amide bonds. The molecule has 1 heterocycles. The van der Waals surface area contributed by atoms with Crippen LogP contribution < -0.4 is 15.4 Å². The van der Waals surface area contributed by atoms with Gasteiger partial charge in [0.05, 0.1) is 12.1 Å². The molecule has 23 heavy (non-hydrogen) atoms. The number of ether oxygens (including phenoxy) is 2. The SMILES string of the molecule is COCC1(CNC(=O)c2cccc(OC(F)(F)F)c2)CCCN1. The second kappa shape index (κ2) is 7.18. The Kier molecular flexibility index (Phi) is 5.48. The van der Waals surface area contributed by atoms with E-state index in [1.54, 1.807) is 7.11 Å². The molecule has 1 aliphatic rings. The van der Waals surface area contributed by atoms with Crippen LogP contribution in [0.4, 0.5) is 13.2 Å². The van der Waals surface area contributed by atoms with Crippen molar-refractivity contribution in [2.45, 2.75) is 24.7 Å². The molecule has 2 N–H and O–H groups in total. The van der Waals surface area contributed by atoms with Crippen molar-refractivity contribution in [3.05, 3.63) is 29.8 Å². The fourth-order valence-electron chi connectivity index (χ4n) is 2.66.